The fraction of sp³-hybridized carbons (Fsp3) is 1.00. The SMILES string of the molecule is C1CCC2C(C1)CCCC2C1CC(C2CCCC3CCCCC32)CC(C2C3CCCCC3C(C3CC(C4C5CCCCC5CC5CCCCC54)CC(C4C5CCCCC5CC5CCCCC54)C3)C3CCCCC32)C1. The van der Waals surface area contributed by atoms with Crippen LogP contribution < -0.4 is 0 Å². The van der Waals surface area contributed by atoms with Crippen molar-refractivity contribution in [3.63, 3.8) is 0 Å². The highest BCUT2D eigenvalue weighted by Crippen LogP contribution is 2.68. The molecule has 22 unspecified atom stereocenters. The molecule has 416 valence electrons. The fourth-order valence-electron chi connectivity index (χ4n) is 29.3. The van der Waals surface area contributed by atoms with Gasteiger partial charge in [0.05, 0.1) is 0 Å². The van der Waals surface area contributed by atoms with Gasteiger partial charge in [0.2, 0.25) is 0 Å². The second-order valence-corrected chi connectivity index (χ2v) is 33.4. The third-order valence-electron chi connectivity index (χ3n) is 31.1. The lowest BCUT2D eigenvalue weighted by atomic mass is 9.42. The van der Waals surface area contributed by atoms with Crippen LogP contribution in [0.5, 0.6) is 0 Å². The molecule has 0 amide bonds. The Morgan fingerprint density at radius 3 is 0.608 bits per heavy atom. The average molecular weight is 1010 g/mol. The first kappa shape index (κ1) is 50.9. The maximum Gasteiger partial charge on any atom is -0.0323 e. The molecule has 22 atom stereocenters. The van der Waals surface area contributed by atoms with E-state index in [4.69, 9.17) is 0 Å². The minimum atomic E-state index is 1.09. The third kappa shape index (κ3) is 9.45. The Bertz CT molecular complexity index is 1650. The first-order chi connectivity index (χ1) is 36.7. The number of hydrogen-bond acceptors (Lipinski definition) is 0. The molecule has 0 nitrogen and oxygen atoms in total. The molecule has 0 aromatic rings. The normalized spacial score (nSPS) is 55.8. The molecule has 15 rings (SSSR count). The summed E-state index contributed by atoms with van der Waals surface area (Å²) in [7, 11) is 0. The highest BCUT2D eigenvalue weighted by atomic mass is 14.7. The molecule has 15 saturated carbocycles. The molecule has 0 radical (unpaired) electrons. The van der Waals surface area contributed by atoms with Crippen molar-refractivity contribution in [1.82, 2.24) is 0 Å². The monoisotopic (exact) mass is 1010 g/mol. The van der Waals surface area contributed by atoms with Crippen molar-refractivity contribution in [1.29, 1.82) is 0 Å². The van der Waals surface area contributed by atoms with Gasteiger partial charge in [-0.2, -0.15) is 0 Å². The molecule has 0 saturated heterocycles. The van der Waals surface area contributed by atoms with E-state index in [1.165, 1.54) is 0 Å². The first-order valence-electron chi connectivity index (χ1n) is 36.7. The van der Waals surface area contributed by atoms with Gasteiger partial charge >= 0.3 is 0 Å². The smallest absolute Gasteiger partial charge is 0.0323 e. The van der Waals surface area contributed by atoms with E-state index in [1.54, 1.807) is 295 Å². The molecule has 0 aromatic heterocycles. The van der Waals surface area contributed by atoms with E-state index in [9.17, 15) is 0 Å². The number of fused-ring (bicyclic) bond motifs is 8. The Hall–Kier alpha value is 0. The summed E-state index contributed by atoms with van der Waals surface area (Å²) in [6.07, 6.45) is 75.2. The van der Waals surface area contributed by atoms with Gasteiger partial charge in [-0.3, -0.25) is 0 Å². The molecule has 0 N–H and O–H groups in total. The summed E-state index contributed by atoms with van der Waals surface area (Å²) in [6, 6.07) is 0. The topological polar surface area (TPSA) is 0 Å². The van der Waals surface area contributed by atoms with Crippen LogP contribution in [0.3, 0.4) is 0 Å². The zero-order valence-electron chi connectivity index (χ0n) is 48.7. The van der Waals surface area contributed by atoms with E-state index in [2.05, 4.69) is 0 Å². The van der Waals surface area contributed by atoms with Crippen LogP contribution in [-0.2, 0) is 0 Å². The van der Waals surface area contributed by atoms with Crippen molar-refractivity contribution in [2.75, 3.05) is 0 Å². The molecule has 15 fully saturated rings. The van der Waals surface area contributed by atoms with Gasteiger partial charge in [0.15, 0.2) is 0 Å². The Balaban J connectivity index is 0.790. The van der Waals surface area contributed by atoms with Crippen molar-refractivity contribution in [3.05, 3.63) is 0 Å². The van der Waals surface area contributed by atoms with Gasteiger partial charge in [-0.1, -0.05) is 167 Å². The third-order valence-corrected chi connectivity index (χ3v) is 31.1. The summed E-state index contributed by atoms with van der Waals surface area (Å²) in [5, 5.41) is 0. The molecule has 0 aliphatic heterocycles. The van der Waals surface area contributed by atoms with Gasteiger partial charge in [0.1, 0.15) is 0 Å². The molecule has 74 heavy (non-hydrogen) atoms. The van der Waals surface area contributed by atoms with Crippen LogP contribution in [0.1, 0.15) is 295 Å². The molecule has 0 aromatic carbocycles. The van der Waals surface area contributed by atoms with Crippen LogP contribution in [0.25, 0.3) is 0 Å². The zero-order chi connectivity index (χ0) is 48.7. The second-order valence-electron chi connectivity index (χ2n) is 33.4. The average Bonchev–Trinajstić information content (AvgIpc) is 3.47. The van der Waals surface area contributed by atoms with E-state index in [0.717, 1.165) is 166 Å². The van der Waals surface area contributed by atoms with Crippen LogP contribution in [0, 0.1) is 166 Å². The highest BCUT2D eigenvalue weighted by Gasteiger charge is 2.60. The van der Waals surface area contributed by atoms with Crippen molar-refractivity contribution >= 4 is 0 Å². The molecule has 0 heteroatoms. The van der Waals surface area contributed by atoms with Gasteiger partial charge < -0.3 is 0 Å². The van der Waals surface area contributed by atoms with Gasteiger partial charge in [0.25, 0.3) is 0 Å². The van der Waals surface area contributed by atoms with E-state index < -0.39 is 0 Å². The Labute approximate surface area is 458 Å². The summed E-state index contributed by atoms with van der Waals surface area (Å²) in [5.74, 6) is 31.2. The molecule has 0 heterocycles. The van der Waals surface area contributed by atoms with Crippen molar-refractivity contribution in [2.45, 2.75) is 295 Å². The maximum absolute atomic E-state index is 1.74. The minimum absolute atomic E-state index is 1.09. The Morgan fingerprint density at radius 2 is 0.284 bits per heavy atom. The van der Waals surface area contributed by atoms with Crippen LogP contribution in [0.15, 0.2) is 0 Å². The standard InChI is InChI=1S/C74H120/c1-7-27-59-47(19-1)25-17-37-61(59)53-41-54(62-38-18-26-48-20-2-8-28-60(48)62)43-55(42-53)73-67-33-13-15-35-69(67)74(70-36-16-14-34-68(70)73)58-45-56(71-63-29-9-3-21-49(63)39-50-22-4-10-30-64(50)71)44-57(46-58)72-65-31-11-5-23-51(65)40-52-24-6-12-32-66(52)72/h47-74H,1-46H2. The van der Waals surface area contributed by atoms with Crippen LogP contribution in [-0.4, -0.2) is 0 Å². The molecule has 15 aliphatic rings. The van der Waals surface area contributed by atoms with Crippen LogP contribution >= 0.6 is 0 Å². The van der Waals surface area contributed by atoms with Crippen LogP contribution in [0.2, 0.25) is 0 Å². The maximum atomic E-state index is 1.74. The summed E-state index contributed by atoms with van der Waals surface area (Å²) >= 11 is 0. The summed E-state index contributed by atoms with van der Waals surface area (Å²) in [4.78, 5) is 0. The van der Waals surface area contributed by atoms with Crippen molar-refractivity contribution in [3.8, 4) is 0 Å². The van der Waals surface area contributed by atoms with E-state index in [0.29, 0.717) is 0 Å². The lowest BCUT2D eigenvalue weighted by molar-refractivity contribution is -0.144. The lowest BCUT2D eigenvalue weighted by Crippen LogP contribution is -2.56. The predicted molar refractivity (Wildman–Crippen MR) is 310 cm³/mol. The number of rotatable bonds is 6. The fourth-order valence-corrected chi connectivity index (χ4v) is 29.3. The quantitative estimate of drug-likeness (QED) is 0.249. The minimum Gasteiger partial charge on any atom is -0.0530 e. The Morgan fingerprint density at radius 1 is 0.108 bits per heavy atom. The van der Waals surface area contributed by atoms with Gasteiger partial charge in [0, 0.05) is 0 Å². The zero-order valence-corrected chi connectivity index (χ0v) is 48.7. The van der Waals surface area contributed by atoms with Gasteiger partial charge in [-0.15, -0.1) is 0 Å². The summed E-state index contributed by atoms with van der Waals surface area (Å²) in [5.41, 5.74) is 0. The molecule has 15 aliphatic carbocycles. The molecule has 0 spiro atoms. The van der Waals surface area contributed by atoms with Crippen molar-refractivity contribution < 1.29 is 0 Å². The predicted octanol–water partition coefficient (Wildman–Crippen LogP) is 21.4. The molecular formula is C74H120. The van der Waals surface area contributed by atoms with E-state index in [1.807, 2.05) is 0 Å². The van der Waals surface area contributed by atoms with Crippen molar-refractivity contribution in [2.24, 2.45) is 166 Å². The van der Waals surface area contributed by atoms with E-state index >= 15 is 0 Å². The van der Waals surface area contributed by atoms with Gasteiger partial charge in [-0.25, -0.2) is 0 Å². The summed E-state index contributed by atoms with van der Waals surface area (Å²) in [6.45, 7) is 0. The Kier molecular flexibility index (Phi) is 15.4. The second kappa shape index (κ2) is 22.4. The highest BCUT2D eigenvalue weighted by molar-refractivity contribution is 5.09. The first-order valence-corrected chi connectivity index (χ1v) is 36.7. The van der Waals surface area contributed by atoms with Crippen LogP contribution in [0.4, 0.5) is 0 Å². The lowest BCUT2D eigenvalue weighted by Gasteiger charge is -2.63. The largest absolute Gasteiger partial charge is 0.0530 e. The van der Waals surface area contributed by atoms with Gasteiger partial charge in [-0.05, 0) is 294 Å². The molecule has 0 bridgehead atoms. The molecular weight excluding hydrogens is 889 g/mol. The number of hydrogen-bond donors (Lipinski definition) is 0. The van der Waals surface area contributed by atoms with E-state index in [-0.39, 0.29) is 0 Å². The summed E-state index contributed by atoms with van der Waals surface area (Å²) < 4.78 is 0.